The monoisotopic (exact) mass is 170 g/mol. The molecule has 0 aromatic carbocycles. The van der Waals surface area contributed by atoms with Crippen LogP contribution in [0.25, 0.3) is 0 Å². The number of rotatable bonds is 3. The van der Waals surface area contributed by atoms with E-state index < -0.39 is 5.54 Å². The fraction of sp³-hybridized carbons (Fsp3) is 0.889. The van der Waals surface area contributed by atoms with Gasteiger partial charge in [-0.05, 0) is 33.2 Å². The smallest absolute Gasteiger partial charge is 0.239 e. The van der Waals surface area contributed by atoms with Gasteiger partial charge in [0.25, 0.3) is 0 Å². The number of carbonyl (C=O) groups excluding carboxylic acids is 1. The van der Waals surface area contributed by atoms with Crippen LogP contribution in [-0.2, 0) is 4.79 Å². The highest BCUT2D eigenvalue weighted by molar-refractivity contribution is 5.85. The fourth-order valence-corrected chi connectivity index (χ4v) is 0.985. The van der Waals surface area contributed by atoms with Gasteiger partial charge < -0.3 is 10.6 Å². The molecule has 2 atom stereocenters. The Morgan fingerprint density at radius 3 is 2.33 bits per heavy atom. The molecule has 2 N–H and O–H groups in total. The van der Waals surface area contributed by atoms with Crippen molar-refractivity contribution < 1.29 is 4.79 Å². The molecule has 1 amide bonds. The normalized spacial score (nSPS) is 28.3. The average Bonchev–Trinajstić information content (AvgIpc) is 2.66. The summed E-state index contributed by atoms with van der Waals surface area (Å²) >= 11 is 0. The predicted molar refractivity (Wildman–Crippen MR) is 48.9 cm³/mol. The molecule has 0 spiro atoms. The van der Waals surface area contributed by atoms with Crippen LogP contribution in [0.15, 0.2) is 0 Å². The molecule has 0 bridgehead atoms. The quantitative estimate of drug-likeness (QED) is 0.648. The summed E-state index contributed by atoms with van der Waals surface area (Å²) in [5, 5.41) is 5.97. The van der Waals surface area contributed by atoms with Crippen molar-refractivity contribution in [2.45, 2.75) is 38.8 Å². The Morgan fingerprint density at radius 2 is 2.00 bits per heavy atom. The summed E-state index contributed by atoms with van der Waals surface area (Å²) in [5.41, 5.74) is -0.442. The van der Waals surface area contributed by atoms with Gasteiger partial charge in [-0.1, -0.05) is 6.92 Å². The molecule has 0 saturated heterocycles. The van der Waals surface area contributed by atoms with Crippen LogP contribution in [0.1, 0.15) is 27.2 Å². The van der Waals surface area contributed by atoms with Crippen LogP contribution < -0.4 is 10.6 Å². The molecule has 1 aliphatic rings. The van der Waals surface area contributed by atoms with E-state index in [1.165, 1.54) is 0 Å². The van der Waals surface area contributed by atoms with Gasteiger partial charge in [-0.2, -0.15) is 0 Å². The van der Waals surface area contributed by atoms with Crippen LogP contribution in [0, 0.1) is 5.92 Å². The standard InChI is InChI=1S/C9H18N2O/c1-6-5-7(6)11-8(12)9(2,3)10-4/h6-7,10H,5H2,1-4H3,(H,11,12). The summed E-state index contributed by atoms with van der Waals surface area (Å²) < 4.78 is 0. The van der Waals surface area contributed by atoms with E-state index in [2.05, 4.69) is 17.6 Å². The molecule has 1 fully saturated rings. The lowest BCUT2D eigenvalue weighted by Crippen LogP contribution is -2.51. The lowest BCUT2D eigenvalue weighted by atomic mass is 10.1. The Labute approximate surface area is 73.9 Å². The van der Waals surface area contributed by atoms with Crippen molar-refractivity contribution >= 4 is 5.91 Å². The zero-order valence-corrected chi connectivity index (χ0v) is 8.27. The van der Waals surface area contributed by atoms with Crippen molar-refractivity contribution in [1.82, 2.24) is 10.6 Å². The third kappa shape index (κ3) is 1.97. The van der Waals surface area contributed by atoms with E-state index in [-0.39, 0.29) is 5.91 Å². The summed E-state index contributed by atoms with van der Waals surface area (Å²) in [6, 6.07) is 0.421. The van der Waals surface area contributed by atoms with Crippen LogP contribution in [0.4, 0.5) is 0 Å². The Kier molecular flexibility index (Phi) is 2.42. The lowest BCUT2D eigenvalue weighted by molar-refractivity contribution is -0.126. The molecule has 70 valence electrons. The molecule has 1 aliphatic carbocycles. The second kappa shape index (κ2) is 3.05. The Balaban J connectivity index is 2.37. The second-order valence-corrected chi connectivity index (χ2v) is 4.17. The molecule has 0 radical (unpaired) electrons. The molecule has 2 unspecified atom stereocenters. The molecule has 0 aromatic rings. The zero-order valence-electron chi connectivity index (χ0n) is 8.27. The van der Waals surface area contributed by atoms with Gasteiger partial charge in [-0.25, -0.2) is 0 Å². The van der Waals surface area contributed by atoms with E-state index in [1.807, 2.05) is 13.8 Å². The van der Waals surface area contributed by atoms with Crippen molar-refractivity contribution in [2.24, 2.45) is 5.92 Å². The van der Waals surface area contributed by atoms with Crippen LogP contribution in [0.2, 0.25) is 0 Å². The van der Waals surface area contributed by atoms with Crippen LogP contribution in [0.3, 0.4) is 0 Å². The maximum Gasteiger partial charge on any atom is 0.239 e. The van der Waals surface area contributed by atoms with Gasteiger partial charge in [0.1, 0.15) is 0 Å². The molecule has 3 nitrogen and oxygen atoms in total. The fourth-order valence-electron chi connectivity index (χ4n) is 0.985. The number of carbonyl (C=O) groups is 1. The minimum Gasteiger partial charge on any atom is -0.352 e. The highest BCUT2D eigenvalue weighted by Gasteiger charge is 2.37. The Hall–Kier alpha value is -0.570. The SMILES string of the molecule is CNC(C)(C)C(=O)NC1CC1C. The summed E-state index contributed by atoms with van der Waals surface area (Å²) in [6.07, 6.45) is 1.13. The van der Waals surface area contributed by atoms with Gasteiger partial charge in [0, 0.05) is 6.04 Å². The molecule has 1 rings (SSSR count). The van der Waals surface area contributed by atoms with E-state index in [1.54, 1.807) is 7.05 Å². The van der Waals surface area contributed by atoms with Crippen LogP contribution >= 0.6 is 0 Å². The van der Waals surface area contributed by atoms with Gasteiger partial charge in [0.05, 0.1) is 5.54 Å². The number of amides is 1. The maximum absolute atomic E-state index is 11.5. The van der Waals surface area contributed by atoms with Crippen LogP contribution in [0.5, 0.6) is 0 Å². The summed E-state index contributed by atoms with van der Waals surface area (Å²) in [7, 11) is 1.80. The number of hydrogen-bond donors (Lipinski definition) is 2. The molecule has 0 aromatic heterocycles. The molecule has 3 heteroatoms. The van der Waals surface area contributed by atoms with E-state index in [4.69, 9.17) is 0 Å². The van der Waals surface area contributed by atoms with Gasteiger partial charge in [0.2, 0.25) is 5.91 Å². The third-order valence-corrected chi connectivity index (χ3v) is 2.62. The number of likely N-dealkylation sites (N-methyl/N-ethyl adjacent to an activating group) is 1. The first-order valence-electron chi connectivity index (χ1n) is 4.47. The van der Waals surface area contributed by atoms with Crippen molar-refractivity contribution in [2.75, 3.05) is 7.05 Å². The lowest BCUT2D eigenvalue weighted by Gasteiger charge is -2.22. The second-order valence-electron chi connectivity index (χ2n) is 4.17. The van der Waals surface area contributed by atoms with Crippen LogP contribution in [-0.4, -0.2) is 24.5 Å². The topological polar surface area (TPSA) is 41.1 Å². The largest absolute Gasteiger partial charge is 0.352 e. The summed E-state index contributed by atoms with van der Waals surface area (Å²) in [4.78, 5) is 11.5. The van der Waals surface area contributed by atoms with Gasteiger partial charge in [-0.15, -0.1) is 0 Å². The maximum atomic E-state index is 11.5. The molecule has 1 saturated carbocycles. The highest BCUT2D eigenvalue weighted by Crippen LogP contribution is 2.29. The van der Waals surface area contributed by atoms with Gasteiger partial charge >= 0.3 is 0 Å². The predicted octanol–water partition coefficient (Wildman–Crippen LogP) is 0.509. The van der Waals surface area contributed by atoms with Gasteiger partial charge in [0.15, 0.2) is 0 Å². The molecule has 0 heterocycles. The number of hydrogen-bond acceptors (Lipinski definition) is 2. The van der Waals surface area contributed by atoms with Crippen molar-refractivity contribution in [3.8, 4) is 0 Å². The summed E-state index contributed by atoms with van der Waals surface area (Å²) in [6.45, 7) is 5.92. The average molecular weight is 170 g/mol. The van der Waals surface area contributed by atoms with Gasteiger partial charge in [-0.3, -0.25) is 4.79 Å². The van der Waals surface area contributed by atoms with Crippen molar-refractivity contribution in [3.05, 3.63) is 0 Å². The molecule has 12 heavy (non-hydrogen) atoms. The Bertz CT molecular complexity index is 189. The minimum absolute atomic E-state index is 0.0966. The van der Waals surface area contributed by atoms with E-state index in [0.717, 1.165) is 6.42 Å². The first-order chi connectivity index (χ1) is 5.47. The Morgan fingerprint density at radius 1 is 1.50 bits per heavy atom. The molecular weight excluding hydrogens is 152 g/mol. The van der Waals surface area contributed by atoms with E-state index >= 15 is 0 Å². The first kappa shape index (κ1) is 9.52. The number of nitrogens with one attached hydrogen (secondary N) is 2. The first-order valence-corrected chi connectivity index (χ1v) is 4.47. The van der Waals surface area contributed by atoms with Crippen molar-refractivity contribution in [1.29, 1.82) is 0 Å². The van der Waals surface area contributed by atoms with E-state index in [0.29, 0.717) is 12.0 Å². The van der Waals surface area contributed by atoms with E-state index in [9.17, 15) is 4.79 Å². The summed E-state index contributed by atoms with van der Waals surface area (Å²) in [5.74, 6) is 0.765. The zero-order chi connectivity index (χ0) is 9.35. The molecule has 0 aliphatic heterocycles. The highest BCUT2D eigenvalue weighted by atomic mass is 16.2. The molecular formula is C9H18N2O. The van der Waals surface area contributed by atoms with Crippen molar-refractivity contribution in [3.63, 3.8) is 0 Å². The third-order valence-electron chi connectivity index (χ3n) is 2.62. The minimum atomic E-state index is -0.442.